The van der Waals surface area contributed by atoms with E-state index < -0.39 is 0 Å². The summed E-state index contributed by atoms with van der Waals surface area (Å²) in [7, 11) is 0. The Hall–Kier alpha value is -1.75. The van der Waals surface area contributed by atoms with E-state index in [1.54, 1.807) is 0 Å². The second-order valence-corrected chi connectivity index (χ2v) is 4.22. The van der Waals surface area contributed by atoms with Crippen LogP contribution in [0.5, 0.6) is 11.5 Å². The van der Waals surface area contributed by atoms with Crippen molar-refractivity contribution in [1.29, 1.82) is 0 Å². The number of benzene rings is 1. The zero-order valence-electron chi connectivity index (χ0n) is 10.8. The minimum Gasteiger partial charge on any atom is -0.454 e. The number of amides is 1. The fourth-order valence-corrected chi connectivity index (χ4v) is 1.95. The summed E-state index contributed by atoms with van der Waals surface area (Å²) in [6, 6.07) is 5.49. The molecular weight excluding hydrogens is 232 g/mol. The van der Waals surface area contributed by atoms with Gasteiger partial charge in [-0.25, -0.2) is 0 Å². The summed E-state index contributed by atoms with van der Waals surface area (Å²) in [5, 5.41) is 2.88. The molecule has 5 heteroatoms. The molecule has 2 rings (SSSR count). The molecule has 0 unspecified atom stereocenters. The van der Waals surface area contributed by atoms with Crippen LogP contribution in [0.3, 0.4) is 0 Å². The number of carbonyl (C=O) groups excluding carboxylic acids is 1. The van der Waals surface area contributed by atoms with E-state index in [-0.39, 0.29) is 12.7 Å². The molecule has 0 atom stereocenters. The summed E-state index contributed by atoms with van der Waals surface area (Å²) in [4.78, 5) is 13.2. The fraction of sp³-hybridized carbons (Fsp3) is 0.462. The number of hydrogen-bond donors (Lipinski definition) is 2. The molecule has 1 aromatic rings. The summed E-state index contributed by atoms with van der Waals surface area (Å²) in [6.07, 6.45) is 0. The Bertz CT molecular complexity index is 430. The van der Waals surface area contributed by atoms with Crippen molar-refractivity contribution in [3.05, 3.63) is 18.2 Å². The van der Waals surface area contributed by atoms with Crippen LogP contribution in [0.1, 0.15) is 13.8 Å². The Kier molecular flexibility index (Phi) is 4.04. The van der Waals surface area contributed by atoms with Gasteiger partial charge in [0.1, 0.15) is 0 Å². The van der Waals surface area contributed by atoms with Crippen LogP contribution in [0.2, 0.25) is 0 Å². The first-order valence-corrected chi connectivity index (χ1v) is 6.26. The molecule has 0 aromatic heterocycles. The molecule has 0 fully saturated rings. The van der Waals surface area contributed by atoms with E-state index >= 15 is 0 Å². The normalized spacial score (nSPS) is 12.8. The molecule has 1 aliphatic rings. The highest BCUT2D eigenvalue weighted by Gasteiger charge is 2.19. The number of hydrogen-bond acceptors (Lipinski definition) is 3. The van der Waals surface area contributed by atoms with Gasteiger partial charge in [-0.2, -0.15) is 0 Å². The van der Waals surface area contributed by atoms with Gasteiger partial charge in [-0.05, 0) is 26.0 Å². The number of likely N-dealkylation sites (N-methyl/N-ethyl adjacent to an activating group) is 1. The van der Waals surface area contributed by atoms with Crippen LogP contribution in [0.15, 0.2) is 18.2 Å². The topological polar surface area (TPSA) is 52.0 Å². The molecule has 1 aromatic carbocycles. The van der Waals surface area contributed by atoms with Crippen LogP contribution in [0.25, 0.3) is 0 Å². The molecule has 18 heavy (non-hydrogen) atoms. The number of quaternary nitrogens is 1. The monoisotopic (exact) mass is 251 g/mol. The van der Waals surface area contributed by atoms with Gasteiger partial charge in [0.15, 0.2) is 18.0 Å². The van der Waals surface area contributed by atoms with E-state index in [4.69, 9.17) is 9.47 Å². The van der Waals surface area contributed by atoms with Gasteiger partial charge in [0.05, 0.1) is 18.8 Å². The lowest BCUT2D eigenvalue weighted by molar-refractivity contribution is -0.888. The van der Waals surface area contributed by atoms with E-state index in [9.17, 15) is 4.79 Å². The summed E-state index contributed by atoms with van der Waals surface area (Å²) < 4.78 is 10.6. The molecule has 0 radical (unpaired) electrons. The van der Waals surface area contributed by atoms with Crippen molar-refractivity contribution < 1.29 is 19.2 Å². The first-order chi connectivity index (χ1) is 8.74. The highest BCUT2D eigenvalue weighted by atomic mass is 16.7. The standard InChI is InChI=1S/C13H18N2O3/c1-3-15(4-2)8-12(16)14-10-6-5-7-11-13(10)18-9-17-11/h5-7H,3-4,8-9H2,1-2H3,(H,14,16)/p+1. The van der Waals surface area contributed by atoms with E-state index in [0.29, 0.717) is 23.7 Å². The molecule has 1 amide bonds. The average Bonchev–Trinajstić information content (AvgIpc) is 2.85. The molecule has 98 valence electrons. The third-order valence-electron chi connectivity index (χ3n) is 3.08. The average molecular weight is 251 g/mol. The summed E-state index contributed by atoms with van der Waals surface area (Å²) in [5.41, 5.74) is 0.682. The van der Waals surface area contributed by atoms with Crippen molar-refractivity contribution in [2.75, 3.05) is 31.7 Å². The van der Waals surface area contributed by atoms with Crippen molar-refractivity contribution in [2.24, 2.45) is 0 Å². The smallest absolute Gasteiger partial charge is 0.279 e. The molecular formula is C13H19N2O3+. The van der Waals surface area contributed by atoms with Crippen LogP contribution in [-0.4, -0.2) is 32.3 Å². The SMILES string of the molecule is CC[NH+](CC)CC(=O)Nc1cccc2c1OCO2. The quantitative estimate of drug-likeness (QED) is 0.790. The maximum atomic E-state index is 11.9. The number of rotatable bonds is 5. The van der Waals surface area contributed by atoms with Crippen molar-refractivity contribution >= 4 is 11.6 Å². The Morgan fingerprint density at radius 2 is 2.11 bits per heavy atom. The highest BCUT2D eigenvalue weighted by Crippen LogP contribution is 2.38. The van der Waals surface area contributed by atoms with E-state index in [1.807, 2.05) is 18.2 Å². The van der Waals surface area contributed by atoms with Gasteiger partial charge in [-0.3, -0.25) is 4.79 Å². The lowest BCUT2D eigenvalue weighted by Gasteiger charge is -2.15. The zero-order chi connectivity index (χ0) is 13.0. The van der Waals surface area contributed by atoms with E-state index in [1.165, 1.54) is 4.90 Å². The van der Waals surface area contributed by atoms with Crippen molar-refractivity contribution in [3.63, 3.8) is 0 Å². The summed E-state index contributed by atoms with van der Waals surface area (Å²) in [5.74, 6) is 1.31. The number of carbonyl (C=O) groups is 1. The largest absolute Gasteiger partial charge is 0.454 e. The van der Waals surface area contributed by atoms with Crippen LogP contribution < -0.4 is 19.7 Å². The number of anilines is 1. The van der Waals surface area contributed by atoms with Gasteiger partial charge >= 0.3 is 0 Å². The number of fused-ring (bicyclic) bond motifs is 1. The van der Waals surface area contributed by atoms with Crippen molar-refractivity contribution in [1.82, 2.24) is 0 Å². The Labute approximate surface area is 107 Å². The predicted molar refractivity (Wildman–Crippen MR) is 68.1 cm³/mol. The van der Waals surface area contributed by atoms with Gasteiger partial charge in [0.2, 0.25) is 6.79 Å². The van der Waals surface area contributed by atoms with Crippen LogP contribution >= 0.6 is 0 Å². The Morgan fingerprint density at radius 3 is 2.83 bits per heavy atom. The maximum absolute atomic E-state index is 11.9. The second kappa shape index (κ2) is 5.73. The fourth-order valence-electron chi connectivity index (χ4n) is 1.95. The predicted octanol–water partition coefficient (Wildman–Crippen LogP) is 0.278. The molecule has 5 nitrogen and oxygen atoms in total. The number of para-hydroxylation sites is 1. The van der Waals surface area contributed by atoms with Gasteiger partial charge in [0.25, 0.3) is 5.91 Å². The minimum atomic E-state index is -0.00222. The third kappa shape index (κ3) is 2.73. The molecule has 2 N–H and O–H groups in total. The van der Waals surface area contributed by atoms with Crippen molar-refractivity contribution in [3.8, 4) is 11.5 Å². The Balaban J connectivity index is 2.01. The Morgan fingerprint density at radius 1 is 1.33 bits per heavy atom. The van der Waals surface area contributed by atoms with Gasteiger partial charge in [-0.1, -0.05) is 6.07 Å². The lowest BCUT2D eigenvalue weighted by Crippen LogP contribution is -3.12. The second-order valence-electron chi connectivity index (χ2n) is 4.22. The molecule has 0 spiro atoms. The molecule has 0 saturated carbocycles. The summed E-state index contributed by atoms with van der Waals surface area (Å²) in [6.45, 7) is 6.71. The molecule has 0 bridgehead atoms. The zero-order valence-corrected chi connectivity index (χ0v) is 10.8. The highest BCUT2D eigenvalue weighted by molar-refractivity contribution is 5.93. The number of nitrogens with one attached hydrogen (secondary N) is 2. The first kappa shape index (κ1) is 12.7. The van der Waals surface area contributed by atoms with Crippen molar-refractivity contribution in [2.45, 2.75) is 13.8 Å². The first-order valence-electron chi connectivity index (χ1n) is 6.26. The van der Waals surface area contributed by atoms with Crippen LogP contribution in [0.4, 0.5) is 5.69 Å². The van der Waals surface area contributed by atoms with E-state index in [2.05, 4.69) is 19.2 Å². The maximum Gasteiger partial charge on any atom is 0.279 e. The minimum absolute atomic E-state index is 0.00222. The lowest BCUT2D eigenvalue weighted by atomic mass is 10.2. The van der Waals surface area contributed by atoms with Crippen LogP contribution in [-0.2, 0) is 4.79 Å². The van der Waals surface area contributed by atoms with Gasteiger partial charge in [-0.15, -0.1) is 0 Å². The molecule has 0 aliphatic carbocycles. The summed E-state index contributed by atoms with van der Waals surface area (Å²) >= 11 is 0. The van der Waals surface area contributed by atoms with Gasteiger partial charge < -0.3 is 19.7 Å². The third-order valence-corrected chi connectivity index (χ3v) is 3.08. The molecule has 1 heterocycles. The van der Waals surface area contributed by atoms with E-state index in [0.717, 1.165) is 13.1 Å². The number of ether oxygens (including phenoxy) is 2. The molecule has 1 aliphatic heterocycles. The molecule has 0 saturated heterocycles. The van der Waals surface area contributed by atoms with Crippen LogP contribution in [0, 0.1) is 0 Å². The van der Waals surface area contributed by atoms with Gasteiger partial charge in [0, 0.05) is 0 Å².